The Labute approximate surface area is 124 Å². The second kappa shape index (κ2) is 6.37. The van der Waals surface area contributed by atoms with Crippen LogP contribution in [0.15, 0.2) is 35.8 Å². The number of nitrogens with zero attached hydrogens (tertiary/aromatic N) is 1. The van der Waals surface area contributed by atoms with Gasteiger partial charge in [-0.25, -0.2) is 4.98 Å². The molecule has 0 bridgehead atoms. The summed E-state index contributed by atoms with van der Waals surface area (Å²) < 4.78 is 5.29. The number of benzene rings is 1. The summed E-state index contributed by atoms with van der Waals surface area (Å²) in [5.41, 5.74) is 1.40. The molecule has 0 atom stereocenters. The number of nitrogens with one attached hydrogen (secondary N) is 1. The highest BCUT2D eigenvalue weighted by atomic mass is 32.1. The maximum Gasteiger partial charge on any atom is 0.119 e. The number of ether oxygens (including phenoxy) is 1. The molecule has 1 fully saturated rings. The van der Waals surface area contributed by atoms with E-state index in [2.05, 4.69) is 28.5 Å². The topological polar surface area (TPSA) is 34.1 Å². The Morgan fingerprint density at radius 3 is 3.05 bits per heavy atom. The molecule has 0 amide bonds. The van der Waals surface area contributed by atoms with Gasteiger partial charge in [-0.3, -0.25) is 0 Å². The number of rotatable bonds is 6. The number of hydrogen-bond donors (Lipinski definition) is 1. The van der Waals surface area contributed by atoms with Crippen LogP contribution in [0, 0.1) is 0 Å². The molecule has 1 aromatic heterocycles. The van der Waals surface area contributed by atoms with Gasteiger partial charge in [-0.05, 0) is 36.5 Å². The van der Waals surface area contributed by atoms with Crippen LogP contribution in [0.5, 0.6) is 5.75 Å². The first-order valence-electron chi connectivity index (χ1n) is 7.11. The Morgan fingerprint density at radius 2 is 2.30 bits per heavy atom. The minimum atomic E-state index is 0.658. The lowest BCUT2D eigenvalue weighted by atomic mass is 9.76. The van der Waals surface area contributed by atoms with Crippen molar-refractivity contribution in [1.82, 2.24) is 10.3 Å². The van der Waals surface area contributed by atoms with Crippen molar-refractivity contribution < 1.29 is 4.74 Å². The summed E-state index contributed by atoms with van der Waals surface area (Å²) in [4.78, 5) is 4.30. The number of thiazole rings is 1. The van der Waals surface area contributed by atoms with Gasteiger partial charge in [0.1, 0.15) is 5.75 Å². The van der Waals surface area contributed by atoms with Gasteiger partial charge in [0.25, 0.3) is 0 Å². The third kappa shape index (κ3) is 3.19. The average molecular weight is 288 g/mol. The smallest absolute Gasteiger partial charge is 0.119 e. The Kier molecular flexibility index (Phi) is 4.33. The van der Waals surface area contributed by atoms with Crippen LogP contribution >= 0.6 is 11.3 Å². The van der Waals surface area contributed by atoms with Crippen molar-refractivity contribution in [2.75, 3.05) is 13.7 Å². The summed E-state index contributed by atoms with van der Waals surface area (Å²) in [5, 5.41) is 6.88. The first kappa shape index (κ1) is 13.6. The molecule has 0 aliphatic heterocycles. The maximum absolute atomic E-state index is 5.29. The minimum Gasteiger partial charge on any atom is -0.497 e. The van der Waals surface area contributed by atoms with Crippen LogP contribution in [0.25, 0.3) is 0 Å². The second-order valence-corrected chi connectivity index (χ2v) is 6.25. The lowest BCUT2D eigenvalue weighted by molar-refractivity contribution is 0.292. The molecule has 1 aromatic carbocycles. The summed E-state index contributed by atoms with van der Waals surface area (Å²) in [5.74, 6) is 1.64. The Bertz CT molecular complexity index is 535. The normalized spacial score (nSPS) is 21.4. The monoisotopic (exact) mass is 288 g/mol. The SMILES string of the molecule is COc1cccc(C2CC(NCCc3nccs3)C2)c1. The zero-order valence-corrected chi connectivity index (χ0v) is 12.5. The quantitative estimate of drug-likeness (QED) is 0.886. The van der Waals surface area contributed by atoms with E-state index in [1.165, 1.54) is 23.4 Å². The lowest BCUT2D eigenvalue weighted by Crippen LogP contribution is -2.40. The van der Waals surface area contributed by atoms with E-state index in [1.807, 2.05) is 17.6 Å². The van der Waals surface area contributed by atoms with Gasteiger partial charge in [0.05, 0.1) is 12.1 Å². The Balaban J connectivity index is 1.42. The van der Waals surface area contributed by atoms with Crippen LogP contribution in [0.1, 0.15) is 29.3 Å². The first-order chi connectivity index (χ1) is 9.85. The van der Waals surface area contributed by atoms with E-state index in [0.717, 1.165) is 18.7 Å². The largest absolute Gasteiger partial charge is 0.497 e. The van der Waals surface area contributed by atoms with Gasteiger partial charge in [-0.1, -0.05) is 12.1 Å². The van der Waals surface area contributed by atoms with Crippen LogP contribution in [0.3, 0.4) is 0 Å². The molecule has 0 spiro atoms. The lowest BCUT2D eigenvalue weighted by Gasteiger charge is -2.36. The van der Waals surface area contributed by atoms with E-state index in [-0.39, 0.29) is 0 Å². The zero-order chi connectivity index (χ0) is 13.8. The summed E-state index contributed by atoms with van der Waals surface area (Å²) in [6.45, 7) is 1.03. The predicted molar refractivity (Wildman–Crippen MR) is 82.6 cm³/mol. The average Bonchev–Trinajstić information content (AvgIpc) is 2.94. The molecule has 0 unspecified atom stereocenters. The molecule has 1 aliphatic rings. The van der Waals surface area contributed by atoms with Crippen molar-refractivity contribution in [2.24, 2.45) is 0 Å². The van der Waals surface area contributed by atoms with Gasteiger partial charge in [0.2, 0.25) is 0 Å². The molecule has 1 N–H and O–H groups in total. The summed E-state index contributed by atoms with van der Waals surface area (Å²) in [6, 6.07) is 9.12. The minimum absolute atomic E-state index is 0.658. The highest BCUT2D eigenvalue weighted by Gasteiger charge is 2.29. The van der Waals surface area contributed by atoms with E-state index in [4.69, 9.17) is 4.74 Å². The fourth-order valence-corrected chi connectivity index (χ4v) is 3.33. The van der Waals surface area contributed by atoms with Crippen molar-refractivity contribution in [3.63, 3.8) is 0 Å². The maximum atomic E-state index is 5.29. The Morgan fingerprint density at radius 1 is 1.40 bits per heavy atom. The molecule has 106 valence electrons. The molecule has 1 saturated carbocycles. The van der Waals surface area contributed by atoms with Crippen LogP contribution in [-0.2, 0) is 6.42 Å². The highest BCUT2D eigenvalue weighted by molar-refractivity contribution is 7.09. The molecule has 3 rings (SSSR count). The fraction of sp³-hybridized carbons (Fsp3) is 0.438. The van der Waals surface area contributed by atoms with Crippen molar-refractivity contribution in [1.29, 1.82) is 0 Å². The van der Waals surface area contributed by atoms with E-state index in [1.54, 1.807) is 18.4 Å². The van der Waals surface area contributed by atoms with Crippen molar-refractivity contribution >= 4 is 11.3 Å². The van der Waals surface area contributed by atoms with Gasteiger partial charge in [0.15, 0.2) is 0 Å². The number of aromatic nitrogens is 1. The van der Waals surface area contributed by atoms with Gasteiger partial charge in [0, 0.05) is 30.6 Å². The van der Waals surface area contributed by atoms with Crippen LogP contribution in [0.4, 0.5) is 0 Å². The van der Waals surface area contributed by atoms with Gasteiger partial charge in [-0.2, -0.15) is 0 Å². The molecule has 1 aliphatic carbocycles. The second-order valence-electron chi connectivity index (χ2n) is 5.27. The highest BCUT2D eigenvalue weighted by Crippen LogP contribution is 2.37. The Hall–Kier alpha value is -1.39. The van der Waals surface area contributed by atoms with Gasteiger partial charge >= 0.3 is 0 Å². The van der Waals surface area contributed by atoms with Crippen molar-refractivity contribution in [2.45, 2.75) is 31.2 Å². The molecular formula is C16H20N2OS. The van der Waals surface area contributed by atoms with E-state index in [9.17, 15) is 0 Å². The van der Waals surface area contributed by atoms with Gasteiger partial charge < -0.3 is 10.1 Å². The molecule has 0 saturated heterocycles. The molecule has 3 nitrogen and oxygen atoms in total. The molecule has 0 radical (unpaired) electrons. The van der Waals surface area contributed by atoms with Crippen LogP contribution < -0.4 is 10.1 Å². The predicted octanol–water partition coefficient (Wildman–Crippen LogP) is 3.23. The summed E-state index contributed by atoms with van der Waals surface area (Å²) in [7, 11) is 1.73. The van der Waals surface area contributed by atoms with Crippen LogP contribution in [0.2, 0.25) is 0 Å². The van der Waals surface area contributed by atoms with E-state index >= 15 is 0 Å². The molecule has 1 heterocycles. The fourth-order valence-electron chi connectivity index (χ4n) is 2.71. The molecule has 2 aromatic rings. The molecule has 4 heteroatoms. The number of hydrogen-bond acceptors (Lipinski definition) is 4. The van der Waals surface area contributed by atoms with Crippen LogP contribution in [-0.4, -0.2) is 24.7 Å². The molecular weight excluding hydrogens is 268 g/mol. The number of methoxy groups -OCH3 is 1. The third-order valence-corrected chi connectivity index (χ3v) is 4.80. The van der Waals surface area contributed by atoms with Crippen molar-refractivity contribution in [3.8, 4) is 5.75 Å². The van der Waals surface area contributed by atoms with E-state index < -0.39 is 0 Å². The van der Waals surface area contributed by atoms with Crippen molar-refractivity contribution in [3.05, 3.63) is 46.4 Å². The van der Waals surface area contributed by atoms with Gasteiger partial charge in [-0.15, -0.1) is 11.3 Å². The van der Waals surface area contributed by atoms with E-state index in [0.29, 0.717) is 12.0 Å². The molecule has 20 heavy (non-hydrogen) atoms. The summed E-state index contributed by atoms with van der Waals surface area (Å²) in [6.07, 6.45) is 5.37. The third-order valence-electron chi connectivity index (χ3n) is 3.96. The summed E-state index contributed by atoms with van der Waals surface area (Å²) >= 11 is 1.74. The zero-order valence-electron chi connectivity index (χ0n) is 11.7. The standard InChI is InChI=1S/C16H20N2OS/c1-19-15-4-2-3-12(11-15)13-9-14(10-13)17-6-5-16-18-7-8-20-16/h2-4,7-8,11,13-14,17H,5-6,9-10H2,1H3. The first-order valence-corrected chi connectivity index (χ1v) is 7.99.